The zero-order valence-corrected chi connectivity index (χ0v) is 13.0. The molecule has 1 heterocycles. The van der Waals surface area contributed by atoms with Gasteiger partial charge in [-0.05, 0) is 46.4 Å². The molecule has 0 spiro atoms. The monoisotopic (exact) mass is 268 g/mol. The van der Waals surface area contributed by atoms with Crippen LogP contribution >= 0.6 is 11.3 Å². The van der Waals surface area contributed by atoms with E-state index in [1.807, 2.05) is 32.7 Å². The lowest BCUT2D eigenvalue weighted by Crippen LogP contribution is -2.53. The van der Waals surface area contributed by atoms with Gasteiger partial charge in [-0.25, -0.2) is 0 Å². The molecule has 1 N–H and O–H groups in total. The first-order valence-electron chi connectivity index (χ1n) is 6.38. The number of amides is 1. The highest BCUT2D eigenvalue weighted by molar-refractivity contribution is 7.12. The van der Waals surface area contributed by atoms with Gasteiger partial charge < -0.3 is 10.2 Å². The van der Waals surface area contributed by atoms with Crippen molar-refractivity contribution >= 4 is 17.2 Å². The second-order valence-corrected chi connectivity index (χ2v) is 6.52. The van der Waals surface area contributed by atoms with Crippen molar-refractivity contribution in [3.05, 3.63) is 21.9 Å². The van der Waals surface area contributed by atoms with Crippen LogP contribution in [0.15, 0.2) is 12.1 Å². The molecule has 0 aliphatic carbocycles. The molecular formula is C14H24N2OS. The molecule has 1 unspecified atom stereocenters. The Morgan fingerprint density at radius 3 is 2.56 bits per heavy atom. The van der Waals surface area contributed by atoms with Crippen LogP contribution in [0.3, 0.4) is 0 Å². The standard InChI is InChI=1S/C14H24N2OS/c1-7-15-14(4,5)13(17)16(6)11(3)12-9-8-10(2)18-12/h8-9,11,15H,7H2,1-6H3. The molecule has 1 amide bonds. The number of likely N-dealkylation sites (N-methyl/N-ethyl adjacent to an activating group) is 2. The van der Waals surface area contributed by atoms with E-state index < -0.39 is 5.54 Å². The van der Waals surface area contributed by atoms with E-state index in [2.05, 4.69) is 31.3 Å². The molecule has 0 radical (unpaired) electrons. The van der Waals surface area contributed by atoms with Crippen molar-refractivity contribution in [1.82, 2.24) is 10.2 Å². The van der Waals surface area contributed by atoms with Crippen LogP contribution in [0, 0.1) is 6.92 Å². The van der Waals surface area contributed by atoms with Crippen LogP contribution in [0.25, 0.3) is 0 Å². The predicted molar refractivity (Wildman–Crippen MR) is 78.0 cm³/mol. The van der Waals surface area contributed by atoms with E-state index in [-0.39, 0.29) is 11.9 Å². The Bertz CT molecular complexity index is 412. The minimum absolute atomic E-state index is 0.120. The van der Waals surface area contributed by atoms with Crippen molar-refractivity contribution in [1.29, 1.82) is 0 Å². The van der Waals surface area contributed by atoms with Crippen LogP contribution in [0.2, 0.25) is 0 Å². The summed E-state index contributed by atoms with van der Waals surface area (Å²) in [6.45, 7) is 10.8. The van der Waals surface area contributed by atoms with Gasteiger partial charge in [-0.15, -0.1) is 11.3 Å². The Labute approximate surface area is 114 Å². The third-order valence-electron chi connectivity index (χ3n) is 3.23. The van der Waals surface area contributed by atoms with E-state index in [9.17, 15) is 4.79 Å². The third-order valence-corrected chi connectivity index (χ3v) is 4.40. The summed E-state index contributed by atoms with van der Waals surface area (Å²) in [5, 5.41) is 3.23. The van der Waals surface area contributed by atoms with Crippen molar-refractivity contribution in [2.45, 2.75) is 46.2 Å². The summed E-state index contributed by atoms with van der Waals surface area (Å²) < 4.78 is 0. The molecule has 1 rings (SSSR count). The highest BCUT2D eigenvalue weighted by Gasteiger charge is 2.31. The third kappa shape index (κ3) is 3.33. The molecule has 4 heteroatoms. The maximum Gasteiger partial charge on any atom is 0.242 e. The molecule has 18 heavy (non-hydrogen) atoms. The molecule has 0 aliphatic rings. The zero-order chi connectivity index (χ0) is 13.9. The van der Waals surface area contributed by atoms with Crippen molar-refractivity contribution < 1.29 is 4.79 Å². The first-order chi connectivity index (χ1) is 8.29. The fourth-order valence-corrected chi connectivity index (χ4v) is 2.98. The molecule has 1 atom stereocenters. The lowest BCUT2D eigenvalue weighted by molar-refractivity contribution is -0.137. The van der Waals surface area contributed by atoms with E-state index in [1.165, 1.54) is 9.75 Å². The molecule has 0 aliphatic heterocycles. The normalized spacial score (nSPS) is 13.4. The lowest BCUT2D eigenvalue weighted by atomic mass is 10.0. The Balaban J connectivity index is 2.80. The second kappa shape index (κ2) is 5.85. The summed E-state index contributed by atoms with van der Waals surface area (Å²) in [5.41, 5.74) is -0.510. The zero-order valence-electron chi connectivity index (χ0n) is 12.2. The summed E-state index contributed by atoms with van der Waals surface area (Å²) in [5.74, 6) is 0.128. The molecule has 1 aromatic heterocycles. The molecule has 3 nitrogen and oxygen atoms in total. The molecular weight excluding hydrogens is 244 g/mol. The van der Waals surface area contributed by atoms with Gasteiger partial charge in [0.2, 0.25) is 5.91 Å². The minimum atomic E-state index is -0.510. The number of carbonyl (C=O) groups is 1. The van der Waals surface area contributed by atoms with Gasteiger partial charge in [-0.3, -0.25) is 4.79 Å². The van der Waals surface area contributed by atoms with Gasteiger partial charge in [0.1, 0.15) is 0 Å². The molecule has 0 bridgehead atoms. The largest absolute Gasteiger partial charge is 0.337 e. The van der Waals surface area contributed by atoms with Crippen LogP contribution in [-0.4, -0.2) is 29.9 Å². The average molecular weight is 268 g/mol. The number of hydrogen-bond donors (Lipinski definition) is 1. The molecule has 0 fully saturated rings. The van der Waals surface area contributed by atoms with Crippen LogP contribution in [0.5, 0.6) is 0 Å². The Morgan fingerprint density at radius 2 is 2.11 bits per heavy atom. The van der Waals surface area contributed by atoms with Gasteiger partial charge in [0.15, 0.2) is 0 Å². The quantitative estimate of drug-likeness (QED) is 0.890. The second-order valence-electron chi connectivity index (χ2n) is 5.20. The number of rotatable bonds is 5. The number of hydrogen-bond acceptors (Lipinski definition) is 3. The van der Waals surface area contributed by atoms with E-state index in [1.54, 1.807) is 11.3 Å². The Morgan fingerprint density at radius 1 is 1.50 bits per heavy atom. The highest BCUT2D eigenvalue weighted by Crippen LogP contribution is 2.27. The summed E-state index contributed by atoms with van der Waals surface area (Å²) in [7, 11) is 1.88. The molecule has 0 aromatic carbocycles. The predicted octanol–water partition coefficient (Wildman–Crippen LogP) is 2.96. The fraction of sp³-hybridized carbons (Fsp3) is 0.643. The molecule has 0 saturated heterocycles. The number of carbonyl (C=O) groups excluding carboxylic acids is 1. The van der Waals surface area contributed by atoms with Crippen LogP contribution in [0.4, 0.5) is 0 Å². The topological polar surface area (TPSA) is 32.3 Å². The van der Waals surface area contributed by atoms with Gasteiger partial charge in [0.05, 0.1) is 11.6 Å². The molecule has 1 aromatic rings. The number of thiophene rings is 1. The SMILES string of the molecule is CCNC(C)(C)C(=O)N(C)C(C)c1ccc(C)s1. The Kier molecular flexibility index (Phi) is 4.93. The summed E-state index contributed by atoms with van der Waals surface area (Å²) in [6.07, 6.45) is 0. The summed E-state index contributed by atoms with van der Waals surface area (Å²) in [4.78, 5) is 16.8. The van der Waals surface area contributed by atoms with Crippen molar-refractivity contribution in [3.8, 4) is 0 Å². The first-order valence-corrected chi connectivity index (χ1v) is 7.20. The van der Waals surface area contributed by atoms with Gasteiger partial charge in [0.25, 0.3) is 0 Å². The number of nitrogens with one attached hydrogen (secondary N) is 1. The van der Waals surface area contributed by atoms with Crippen molar-refractivity contribution in [2.75, 3.05) is 13.6 Å². The highest BCUT2D eigenvalue weighted by atomic mass is 32.1. The lowest BCUT2D eigenvalue weighted by Gasteiger charge is -2.33. The number of aryl methyl sites for hydroxylation is 1. The fourth-order valence-electron chi connectivity index (χ4n) is 2.00. The van der Waals surface area contributed by atoms with Gasteiger partial charge >= 0.3 is 0 Å². The van der Waals surface area contributed by atoms with Gasteiger partial charge in [-0.2, -0.15) is 0 Å². The average Bonchev–Trinajstić information content (AvgIpc) is 2.72. The van der Waals surface area contributed by atoms with Crippen LogP contribution < -0.4 is 5.32 Å². The molecule has 102 valence electrons. The van der Waals surface area contributed by atoms with E-state index in [4.69, 9.17) is 0 Å². The maximum atomic E-state index is 12.4. The number of nitrogens with zero attached hydrogens (tertiary/aromatic N) is 1. The summed E-state index contributed by atoms with van der Waals surface area (Å²) in [6, 6.07) is 4.33. The van der Waals surface area contributed by atoms with Crippen LogP contribution in [-0.2, 0) is 4.79 Å². The van der Waals surface area contributed by atoms with Crippen molar-refractivity contribution in [2.24, 2.45) is 0 Å². The Hall–Kier alpha value is -0.870. The first kappa shape index (κ1) is 15.2. The molecule has 0 saturated carbocycles. The van der Waals surface area contributed by atoms with E-state index in [0.717, 1.165) is 6.54 Å². The van der Waals surface area contributed by atoms with Crippen LogP contribution in [0.1, 0.15) is 43.5 Å². The smallest absolute Gasteiger partial charge is 0.242 e. The summed E-state index contributed by atoms with van der Waals surface area (Å²) >= 11 is 1.75. The maximum absolute atomic E-state index is 12.4. The van der Waals surface area contributed by atoms with E-state index >= 15 is 0 Å². The van der Waals surface area contributed by atoms with Gasteiger partial charge in [-0.1, -0.05) is 6.92 Å². The van der Waals surface area contributed by atoms with Crippen molar-refractivity contribution in [3.63, 3.8) is 0 Å². The van der Waals surface area contributed by atoms with E-state index in [0.29, 0.717) is 0 Å². The van der Waals surface area contributed by atoms with Gasteiger partial charge in [0, 0.05) is 16.8 Å². The minimum Gasteiger partial charge on any atom is -0.337 e.